The number of halogens is 1. The molecule has 2 aromatic heterocycles. The average Bonchev–Trinajstić information content (AvgIpc) is 3.09. The smallest absolute Gasteiger partial charge is 0.316 e. The first kappa shape index (κ1) is 19.3. The molecular weight excluding hydrogens is 432 g/mol. The summed E-state index contributed by atoms with van der Waals surface area (Å²) in [6.07, 6.45) is 4.67. The summed E-state index contributed by atoms with van der Waals surface area (Å²) in [5, 5.41) is 3.92. The van der Waals surface area contributed by atoms with Crippen molar-refractivity contribution in [3.63, 3.8) is 0 Å². The molecule has 2 heterocycles. The van der Waals surface area contributed by atoms with E-state index < -0.39 is 0 Å². The zero-order valence-electron chi connectivity index (χ0n) is 14.4. The van der Waals surface area contributed by atoms with Crippen molar-refractivity contribution in [2.45, 2.75) is 31.2 Å². The number of fused-ring (bicyclic) bond motifs is 1. The number of hydrogen-bond acceptors (Lipinski definition) is 6. The van der Waals surface area contributed by atoms with Gasteiger partial charge in [0.15, 0.2) is 0 Å². The summed E-state index contributed by atoms with van der Waals surface area (Å²) in [6.45, 7) is 2.62. The fourth-order valence-corrected chi connectivity index (χ4v) is 4.56. The van der Waals surface area contributed by atoms with Crippen molar-refractivity contribution in [2.24, 2.45) is 0 Å². The number of rotatable bonds is 8. The van der Waals surface area contributed by atoms with Gasteiger partial charge in [-0.2, -0.15) is 0 Å². The van der Waals surface area contributed by atoms with Gasteiger partial charge < -0.3 is 4.74 Å². The Morgan fingerprint density at radius 1 is 1.23 bits per heavy atom. The van der Waals surface area contributed by atoms with E-state index in [1.807, 2.05) is 12.1 Å². The molecule has 4 nitrogen and oxygen atoms in total. The summed E-state index contributed by atoms with van der Waals surface area (Å²) < 4.78 is 6.32. The molecule has 0 atom stereocenters. The van der Waals surface area contributed by atoms with Gasteiger partial charge >= 0.3 is 5.97 Å². The normalized spacial score (nSPS) is 11.0. The van der Waals surface area contributed by atoms with Crippen LogP contribution in [-0.2, 0) is 9.53 Å². The second-order valence-corrected chi connectivity index (χ2v) is 8.47. The van der Waals surface area contributed by atoms with Gasteiger partial charge in [0.25, 0.3) is 0 Å². The molecule has 1 aromatic carbocycles. The lowest BCUT2D eigenvalue weighted by Gasteiger charge is -2.06. The zero-order valence-corrected chi connectivity index (χ0v) is 17.6. The number of esters is 1. The van der Waals surface area contributed by atoms with Gasteiger partial charge in [0.1, 0.15) is 16.2 Å². The maximum atomic E-state index is 12.0. The number of aromatic nitrogens is 2. The molecule has 7 heteroatoms. The van der Waals surface area contributed by atoms with Gasteiger partial charge in [0, 0.05) is 15.4 Å². The van der Waals surface area contributed by atoms with Crippen LogP contribution in [0.3, 0.4) is 0 Å². The van der Waals surface area contributed by atoms with Gasteiger partial charge in [0.05, 0.1) is 17.7 Å². The van der Waals surface area contributed by atoms with E-state index in [0.29, 0.717) is 6.61 Å². The third-order valence-electron chi connectivity index (χ3n) is 3.83. The van der Waals surface area contributed by atoms with E-state index in [1.54, 1.807) is 17.7 Å². The number of benzene rings is 1. The largest absolute Gasteiger partial charge is 0.465 e. The van der Waals surface area contributed by atoms with Crippen LogP contribution in [0.1, 0.15) is 26.2 Å². The van der Waals surface area contributed by atoms with Crippen molar-refractivity contribution in [1.82, 2.24) is 9.97 Å². The monoisotopic (exact) mass is 450 g/mol. The highest BCUT2D eigenvalue weighted by molar-refractivity contribution is 9.10. The topological polar surface area (TPSA) is 52.1 Å². The molecular formula is C19H19BrN2O2S2. The number of thiophene rings is 1. The summed E-state index contributed by atoms with van der Waals surface area (Å²) in [7, 11) is 0. The SMILES string of the molecule is CCCCCOC(=O)CSc1ncnc2scc(-c3ccc(Br)cc3)c12. The molecule has 0 radical (unpaired) electrons. The third kappa shape index (κ3) is 4.84. The van der Waals surface area contributed by atoms with Crippen LogP contribution >= 0.6 is 39.0 Å². The molecule has 0 unspecified atom stereocenters. The molecule has 0 spiro atoms. The Kier molecular flexibility index (Phi) is 7.05. The maximum absolute atomic E-state index is 12.0. The number of carbonyl (C=O) groups excluding carboxylic acids is 1. The molecule has 0 aliphatic carbocycles. The second kappa shape index (κ2) is 9.48. The molecule has 0 saturated heterocycles. The lowest BCUT2D eigenvalue weighted by Crippen LogP contribution is -2.08. The highest BCUT2D eigenvalue weighted by atomic mass is 79.9. The van der Waals surface area contributed by atoms with Crippen LogP contribution < -0.4 is 0 Å². The molecule has 0 saturated carbocycles. The molecule has 3 rings (SSSR count). The number of thioether (sulfide) groups is 1. The first-order chi connectivity index (χ1) is 12.7. The number of hydrogen-bond donors (Lipinski definition) is 0. The molecule has 0 N–H and O–H groups in total. The standard InChI is InChI=1S/C19H19BrN2O2S2/c1-2-3-4-9-24-16(23)11-26-19-17-15(10-25-18(17)21-12-22-19)13-5-7-14(20)8-6-13/h5-8,10,12H,2-4,9,11H2,1H3. The summed E-state index contributed by atoms with van der Waals surface area (Å²) in [6, 6.07) is 8.16. The van der Waals surface area contributed by atoms with Gasteiger partial charge in [-0.15, -0.1) is 11.3 Å². The van der Waals surface area contributed by atoms with Crippen molar-refractivity contribution >= 4 is 55.2 Å². The lowest BCUT2D eigenvalue weighted by atomic mass is 10.1. The number of unbranched alkanes of at least 4 members (excludes halogenated alkanes) is 2. The fraction of sp³-hybridized carbons (Fsp3) is 0.316. The van der Waals surface area contributed by atoms with E-state index >= 15 is 0 Å². The van der Waals surface area contributed by atoms with E-state index in [-0.39, 0.29) is 11.7 Å². The summed E-state index contributed by atoms with van der Waals surface area (Å²) >= 11 is 6.47. The number of ether oxygens (including phenoxy) is 1. The van der Waals surface area contributed by atoms with Crippen LogP contribution in [0.2, 0.25) is 0 Å². The van der Waals surface area contributed by atoms with Crippen LogP contribution in [0.4, 0.5) is 0 Å². The molecule has 26 heavy (non-hydrogen) atoms. The minimum absolute atomic E-state index is 0.196. The van der Waals surface area contributed by atoms with Crippen molar-refractivity contribution in [1.29, 1.82) is 0 Å². The van der Waals surface area contributed by atoms with E-state index in [2.05, 4.69) is 50.3 Å². The van der Waals surface area contributed by atoms with Gasteiger partial charge in [-0.3, -0.25) is 4.79 Å². The van der Waals surface area contributed by atoms with Gasteiger partial charge in [-0.1, -0.05) is 59.6 Å². The highest BCUT2D eigenvalue weighted by Gasteiger charge is 2.15. The van der Waals surface area contributed by atoms with E-state index in [9.17, 15) is 4.79 Å². The van der Waals surface area contributed by atoms with E-state index in [4.69, 9.17) is 4.74 Å². The molecule has 0 aliphatic rings. The fourth-order valence-electron chi connectivity index (χ4n) is 2.51. The Morgan fingerprint density at radius 3 is 2.81 bits per heavy atom. The van der Waals surface area contributed by atoms with Crippen LogP contribution in [0.5, 0.6) is 0 Å². The molecule has 3 aromatic rings. The Bertz CT molecular complexity index is 881. The predicted molar refractivity (Wildman–Crippen MR) is 112 cm³/mol. The third-order valence-corrected chi connectivity index (χ3v) is 6.21. The molecule has 0 amide bonds. The first-order valence-electron chi connectivity index (χ1n) is 8.45. The molecule has 0 fully saturated rings. The van der Waals surface area contributed by atoms with Crippen molar-refractivity contribution < 1.29 is 9.53 Å². The van der Waals surface area contributed by atoms with Crippen LogP contribution in [0.15, 0.2) is 45.5 Å². The minimum Gasteiger partial charge on any atom is -0.465 e. The Hall–Kier alpha value is -1.44. The average molecular weight is 451 g/mol. The summed E-state index contributed by atoms with van der Waals surface area (Å²) in [4.78, 5) is 21.7. The Morgan fingerprint density at radius 2 is 2.04 bits per heavy atom. The molecule has 0 aliphatic heterocycles. The highest BCUT2D eigenvalue weighted by Crippen LogP contribution is 2.38. The quantitative estimate of drug-likeness (QED) is 0.183. The zero-order chi connectivity index (χ0) is 18.4. The Balaban J connectivity index is 1.75. The summed E-state index contributed by atoms with van der Waals surface area (Å²) in [5.41, 5.74) is 2.20. The maximum Gasteiger partial charge on any atom is 0.316 e. The van der Waals surface area contributed by atoms with Crippen molar-refractivity contribution in [3.05, 3.63) is 40.4 Å². The number of nitrogens with zero attached hydrogens (tertiary/aromatic N) is 2. The minimum atomic E-state index is -0.196. The van der Waals surface area contributed by atoms with Gasteiger partial charge in [-0.25, -0.2) is 9.97 Å². The molecule has 136 valence electrons. The second-order valence-electron chi connectivity index (χ2n) is 5.73. The Labute approximate surface area is 169 Å². The van der Waals surface area contributed by atoms with Crippen LogP contribution in [-0.4, -0.2) is 28.3 Å². The molecule has 0 bridgehead atoms. The summed E-state index contributed by atoms with van der Waals surface area (Å²) in [5.74, 6) is 0.0618. The van der Waals surface area contributed by atoms with Gasteiger partial charge in [0.2, 0.25) is 0 Å². The van der Waals surface area contributed by atoms with Gasteiger partial charge in [-0.05, 0) is 24.1 Å². The van der Waals surface area contributed by atoms with Crippen molar-refractivity contribution in [2.75, 3.05) is 12.4 Å². The van der Waals surface area contributed by atoms with E-state index in [0.717, 1.165) is 50.1 Å². The van der Waals surface area contributed by atoms with Crippen LogP contribution in [0, 0.1) is 0 Å². The predicted octanol–water partition coefficient (Wildman–Crippen LogP) is 5.95. The van der Waals surface area contributed by atoms with Crippen LogP contribution in [0.25, 0.3) is 21.3 Å². The van der Waals surface area contributed by atoms with E-state index in [1.165, 1.54) is 11.8 Å². The lowest BCUT2D eigenvalue weighted by molar-refractivity contribution is -0.140. The number of carbonyl (C=O) groups is 1. The first-order valence-corrected chi connectivity index (χ1v) is 11.1. The van der Waals surface area contributed by atoms with Crippen molar-refractivity contribution in [3.8, 4) is 11.1 Å².